The van der Waals surface area contributed by atoms with Crippen LogP contribution in [0, 0.1) is 6.92 Å². The number of aromatic nitrogens is 4. The van der Waals surface area contributed by atoms with Gasteiger partial charge in [-0.2, -0.15) is 13.2 Å². The van der Waals surface area contributed by atoms with E-state index in [1.807, 2.05) is 13.0 Å². The second-order valence-electron chi connectivity index (χ2n) is 7.66. The van der Waals surface area contributed by atoms with E-state index in [0.29, 0.717) is 46.4 Å². The molecule has 0 aliphatic rings. The molecule has 0 spiro atoms. The van der Waals surface area contributed by atoms with E-state index in [1.54, 1.807) is 49.6 Å². The Hall–Kier alpha value is -4.54. The first-order valence-electron chi connectivity index (χ1n) is 10.9. The van der Waals surface area contributed by atoms with Gasteiger partial charge in [0.05, 0.1) is 16.8 Å². The number of carbonyl (C=O) groups excluding carboxylic acids is 1. The number of amides is 2. The summed E-state index contributed by atoms with van der Waals surface area (Å²) < 4.78 is 44.7. The number of carbonyl (C=O) groups is 1. The minimum Gasteiger partial charge on any atom is -0.438 e. The van der Waals surface area contributed by atoms with Crippen molar-refractivity contribution in [2.45, 2.75) is 26.4 Å². The summed E-state index contributed by atoms with van der Waals surface area (Å²) in [5, 5.41) is 4.87. The summed E-state index contributed by atoms with van der Waals surface area (Å²) in [6, 6.07) is 11.2. The maximum Gasteiger partial charge on any atom is 0.416 e. The number of hydrogen-bond acceptors (Lipinski definition) is 6. The molecule has 4 rings (SSSR count). The maximum atomic E-state index is 12.9. The van der Waals surface area contributed by atoms with E-state index in [0.717, 1.165) is 18.3 Å². The molecule has 3 aromatic heterocycles. The Labute approximate surface area is 204 Å². The highest BCUT2D eigenvalue weighted by Crippen LogP contribution is 2.33. The summed E-state index contributed by atoms with van der Waals surface area (Å²) in [6.07, 6.45) is 0.421. The number of alkyl halides is 3. The van der Waals surface area contributed by atoms with Gasteiger partial charge in [-0.25, -0.2) is 24.7 Å². The average Bonchev–Trinajstić information content (AvgIpc) is 2.85. The minimum absolute atomic E-state index is 0.224. The molecule has 0 unspecified atom stereocenters. The highest BCUT2D eigenvalue weighted by molar-refractivity contribution is 5.99. The molecule has 0 fully saturated rings. The number of urea groups is 1. The fourth-order valence-electron chi connectivity index (χ4n) is 3.29. The van der Waals surface area contributed by atoms with Crippen LogP contribution in [0.5, 0.6) is 11.6 Å². The van der Waals surface area contributed by atoms with Gasteiger partial charge in [0.2, 0.25) is 5.88 Å². The van der Waals surface area contributed by atoms with Crippen molar-refractivity contribution in [3.63, 3.8) is 0 Å². The zero-order valence-corrected chi connectivity index (χ0v) is 19.3. The summed E-state index contributed by atoms with van der Waals surface area (Å²) in [5.41, 5.74) is 1.57. The number of ether oxygens (including phenoxy) is 1. The number of hydrogen-bond donors (Lipinski definition) is 2. The predicted molar refractivity (Wildman–Crippen MR) is 128 cm³/mol. The van der Waals surface area contributed by atoms with Crippen LogP contribution in [-0.4, -0.2) is 26.0 Å². The number of anilines is 2. The minimum atomic E-state index is -4.54. The van der Waals surface area contributed by atoms with Crippen LogP contribution < -0.4 is 15.4 Å². The first-order valence-corrected chi connectivity index (χ1v) is 10.9. The summed E-state index contributed by atoms with van der Waals surface area (Å²) in [6.45, 7) is 3.75. The molecule has 8 nitrogen and oxygen atoms in total. The van der Waals surface area contributed by atoms with Crippen molar-refractivity contribution < 1.29 is 22.7 Å². The standard InChI is InChI=1S/C25H21F3N6O2/c1-3-21-29-12-9-19(33-21)18-5-4-10-31-23(18)36-20-7-6-17(13-15(20)2)32-24(35)34-22-14-16(8-11-30-22)25(26,27)28/h4-14H,3H2,1-2H3,(H2,30,32,34,35). The monoisotopic (exact) mass is 494 g/mol. The fourth-order valence-corrected chi connectivity index (χ4v) is 3.29. The van der Waals surface area contributed by atoms with Crippen molar-refractivity contribution in [1.82, 2.24) is 19.9 Å². The second-order valence-corrected chi connectivity index (χ2v) is 7.66. The molecule has 3 heterocycles. The maximum absolute atomic E-state index is 12.9. The van der Waals surface area contributed by atoms with E-state index in [2.05, 4.69) is 30.6 Å². The van der Waals surface area contributed by atoms with E-state index < -0.39 is 17.8 Å². The third-order valence-corrected chi connectivity index (χ3v) is 5.04. The van der Waals surface area contributed by atoms with Gasteiger partial charge in [-0.05, 0) is 61.0 Å². The quantitative estimate of drug-likeness (QED) is 0.328. The van der Waals surface area contributed by atoms with Crippen molar-refractivity contribution in [2.75, 3.05) is 10.6 Å². The van der Waals surface area contributed by atoms with Crippen LogP contribution in [0.15, 0.2) is 67.1 Å². The molecule has 11 heteroatoms. The van der Waals surface area contributed by atoms with Gasteiger partial charge in [-0.1, -0.05) is 6.92 Å². The highest BCUT2D eigenvalue weighted by atomic mass is 19.4. The van der Waals surface area contributed by atoms with Crippen molar-refractivity contribution >= 4 is 17.5 Å². The number of rotatable bonds is 6. The van der Waals surface area contributed by atoms with Gasteiger partial charge in [-0.15, -0.1) is 0 Å². The van der Waals surface area contributed by atoms with Gasteiger partial charge >= 0.3 is 12.2 Å². The Kier molecular flexibility index (Phi) is 7.09. The summed E-state index contributed by atoms with van der Waals surface area (Å²) in [5.74, 6) is 1.34. The van der Waals surface area contributed by atoms with Crippen molar-refractivity contribution in [3.05, 3.63) is 84.1 Å². The topological polar surface area (TPSA) is 102 Å². The largest absolute Gasteiger partial charge is 0.438 e. The lowest BCUT2D eigenvalue weighted by Gasteiger charge is -2.13. The molecule has 36 heavy (non-hydrogen) atoms. The fraction of sp³-hybridized carbons (Fsp3) is 0.160. The molecule has 2 N–H and O–H groups in total. The molecule has 0 radical (unpaired) electrons. The van der Waals surface area contributed by atoms with Crippen molar-refractivity contribution in [3.8, 4) is 22.9 Å². The molecule has 1 aromatic carbocycles. The predicted octanol–water partition coefficient (Wildman–Crippen LogP) is 6.26. The normalized spacial score (nSPS) is 11.1. The van der Waals surface area contributed by atoms with Gasteiger partial charge in [-0.3, -0.25) is 5.32 Å². The Balaban J connectivity index is 1.47. The average molecular weight is 494 g/mol. The zero-order chi connectivity index (χ0) is 25.7. The third-order valence-electron chi connectivity index (χ3n) is 5.04. The Morgan fingerprint density at radius 2 is 1.78 bits per heavy atom. The van der Waals surface area contributed by atoms with E-state index >= 15 is 0 Å². The van der Waals surface area contributed by atoms with Gasteiger partial charge in [0.25, 0.3) is 0 Å². The summed E-state index contributed by atoms with van der Waals surface area (Å²) in [4.78, 5) is 29.1. The molecule has 0 aliphatic carbocycles. The lowest BCUT2D eigenvalue weighted by molar-refractivity contribution is -0.137. The van der Waals surface area contributed by atoms with E-state index in [-0.39, 0.29) is 5.82 Å². The molecule has 4 aromatic rings. The van der Waals surface area contributed by atoms with Crippen LogP contribution in [0.25, 0.3) is 11.3 Å². The molecule has 0 saturated carbocycles. The first-order chi connectivity index (χ1) is 17.2. The Morgan fingerprint density at radius 3 is 2.53 bits per heavy atom. The lowest BCUT2D eigenvalue weighted by Crippen LogP contribution is -2.20. The van der Waals surface area contributed by atoms with Crippen LogP contribution >= 0.6 is 0 Å². The molecule has 0 bridgehead atoms. The smallest absolute Gasteiger partial charge is 0.416 e. The van der Waals surface area contributed by atoms with Crippen molar-refractivity contribution in [2.24, 2.45) is 0 Å². The highest BCUT2D eigenvalue weighted by Gasteiger charge is 2.30. The molecule has 184 valence electrons. The third kappa shape index (κ3) is 5.93. The van der Waals surface area contributed by atoms with Crippen molar-refractivity contribution in [1.29, 1.82) is 0 Å². The van der Waals surface area contributed by atoms with Crippen LogP contribution in [-0.2, 0) is 12.6 Å². The van der Waals surface area contributed by atoms with Crippen LogP contribution in [0.3, 0.4) is 0 Å². The zero-order valence-electron chi connectivity index (χ0n) is 19.3. The van der Waals surface area contributed by atoms with Crippen LogP contribution in [0.1, 0.15) is 23.9 Å². The van der Waals surface area contributed by atoms with E-state index in [4.69, 9.17) is 4.74 Å². The molecular formula is C25H21F3N6O2. The number of aryl methyl sites for hydroxylation is 2. The van der Waals surface area contributed by atoms with E-state index in [9.17, 15) is 18.0 Å². The first kappa shape index (κ1) is 24.6. The second kappa shape index (κ2) is 10.4. The summed E-state index contributed by atoms with van der Waals surface area (Å²) >= 11 is 0. The Morgan fingerprint density at radius 1 is 0.972 bits per heavy atom. The van der Waals surface area contributed by atoms with E-state index in [1.165, 1.54) is 0 Å². The van der Waals surface area contributed by atoms with Gasteiger partial charge in [0.15, 0.2) is 0 Å². The van der Waals surface area contributed by atoms with Gasteiger partial charge in [0, 0.05) is 30.7 Å². The number of nitrogens with zero attached hydrogens (tertiary/aromatic N) is 4. The number of benzene rings is 1. The SMILES string of the molecule is CCc1nccc(-c2cccnc2Oc2ccc(NC(=O)Nc3cc(C(F)(F)F)ccn3)cc2C)n1. The molecular weight excluding hydrogens is 473 g/mol. The number of pyridine rings is 2. The Bertz CT molecular complexity index is 1390. The van der Waals surface area contributed by atoms with Crippen LogP contribution in [0.4, 0.5) is 29.5 Å². The molecule has 2 amide bonds. The van der Waals surface area contributed by atoms with Gasteiger partial charge in [0.1, 0.15) is 17.4 Å². The summed E-state index contributed by atoms with van der Waals surface area (Å²) in [7, 11) is 0. The molecule has 0 saturated heterocycles. The number of nitrogens with one attached hydrogen (secondary N) is 2. The molecule has 0 atom stereocenters. The van der Waals surface area contributed by atoms with Crippen LogP contribution in [0.2, 0.25) is 0 Å². The lowest BCUT2D eigenvalue weighted by atomic mass is 10.1. The molecule has 0 aliphatic heterocycles. The number of halogens is 3. The van der Waals surface area contributed by atoms with Gasteiger partial charge < -0.3 is 10.1 Å².